The van der Waals surface area contributed by atoms with Gasteiger partial charge in [-0.2, -0.15) is 26.7 Å². The molecule has 0 spiro atoms. The molecule has 0 radical (unpaired) electrons. The van der Waals surface area contributed by atoms with Gasteiger partial charge in [-0.15, -0.1) is 5.10 Å². The lowest BCUT2D eigenvalue weighted by Gasteiger charge is -2.36. The highest BCUT2D eigenvalue weighted by Gasteiger charge is 2.38. The first-order valence-corrected chi connectivity index (χ1v) is 15.6. The summed E-state index contributed by atoms with van der Waals surface area (Å²) in [4.78, 5) is 6.99. The monoisotopic (exact) mass is 568 g/mol. The fraction of sp³-hybridized carbons (Fsp3) is 0.556. The molecule has 210 valence electrons. The summed E-state index contributed by atoms with van der Waals surface area (Å²) < 4.78 is 54.8. The van der Waals surface area contributed by atoms with Gasteiger partial charge in [-0.25, -0.2) is 9.50 Å². The van der Waals surface area contributed by atoms with E-state index in [-0.39, 0.29) is 43.2 Å². The van der Waals surface area contributed by atoms with Crippen LogP contribution >= 0.6 is 13.5 Å². The van der Waals surface area contributed by atoms with Crippen LogP contribution in [0.2, 0.25) is 18.1 Å². The Hall–Kier alpha value is -2.08. The molecule has 6 nitrogen and oxygen atoms in total. The molecule has 0 saturated carbocycles. The summed E-state index contributed by atoms with van der Waals surface area (Å²) in [6, 6.07) is 8.20. The number of aromatic nitrogens is 3. The van der Waals surface area contributed by atoms with Gasteiger partial charge < -0.3 is 14.1 Å². The molecule has 1 aromatic carbocycles. The quantitative estimate of drug-likeness (QED) is 0.318. The van der Waals surface area contributed by atoms with E-state index < -0.39 is 20.1 Å². The Morgan fingerprint density at radius 2 is 1.84 bits per heavy atom. The summed E-state index contributed by atoms with van der Waals surface area (Å²) in [7, 11) is -2.08. The van der Waals surface area contributed by atoms with E-state index in [1.807, 2.05) is 19.1 Å². The number of hydrogen-bond donors (Lipinski definition) is 0. The summed E-state index contributed by atoms with van der Waals surface area (Å²) in [5.41, 5.74) is 2.31. The van der Waals surface area contributed by atoms with Crippen molar-refractivity contribution in [3.05, 3.63) is 58.4 Å². The number of imidazole rings is 1. The van der Waals surface area contributed by atoms with Crippen molar-refractivity contribution in [2.24, 2.45) is 0 Å². The fourth-order valence-corrected chi connectivity index (χ4v) is 5.26. The van der Waals surface area contributed by atoms with Gasteiger partial charge in [0, 0.05) is 19.5 Å². The van der Waals surface area contributed by atoms with E-state index >= 15 is 0 Å². The maximum absolute atomic E-state index is 13.6. The predicted octanol–water partition coefficient (Wildman–Crippen LogP) is 6.51. The molecule has 0 bridgehead atoms. The molecule has 1 atom stereocenters. The molecule has 0 N–H and O–H groups in total. The molecule has 1 aliphatic rings. The number of morpholine rings is 1. The number of anilines is 1. The van der Waals surface area contributed by atoms with Crippen LogP contribution in [0.1, 0.15) is 55.8 Å². The summed E-state index contributed by atoms with van der Waals surface area (Å²) >= 11 is 0. The van der Waals surface area contributed by atoms with Crippen LogP contribution in [0.25, 0.3) is 5.65 Å². The van der Waals surface area contributed by atoms with Crippen molar-refractivity contribution in [3.8, 4) is 0 Å². The number of benzene rings is 1. The molecule has 11 heteroatoms. The van der Waals surface area contributed by atoms with Crippen molar-refractivity contribution in [3.63, 3.8) is 0 Å². The molecular formula is C27H39F3N4O2SSi. The molecule has 1 unspecified atom stereocenters. The number of fused-ring (bicyclic) bond motifs is 1. The van der Waals surface area contributed by atoms with E-state index in [0.717, 1.165) is 30.7 Å². The van der Waals surface area contributed by atoms with Gasteiger partial charge in [-0.3, -0.25) is 0 Å². The molecule has 1 saturated heterocycles. The fourth-order valence-electron chi connectivity index (χ4n) is 4.33. The molecule has 1 fully saturated rings. The third-order valence-corrected chi connectivity index (χ3v) is 12.2. The van der Waals surface area contributed by atoms with Crippen LogP contribution in [0.15, 0.2) is 30.3 Å². The molecule has 1 aliphatic heterocycles. The lowest BCUT2D eigenvalue weighted by Crippen LogP contribution is -2.41. The minimum absolute atomic E-state index is 0. The second-order valence-electron chi connectivity index (χ2n) is 11.4. The third kappa shape index (κ3) is 6.38. The Morgan fingerprint density at radius 3 is 2.47 bits per heavy atom. The van der Waals surface area contributed by atoms with Crippen LogP contribution < -0.4 is 4.90 Å². The summed E-state index contributed by atoms with van der Waals surface area (Å²) in [6.07, 6.45) is -4.05. The summed E-state index contributed by atoms with van der Waals surface area (Å²) in [6.45, 7) is 16.8. The normalized spacial score (nSPS) is 17.1. The van der Waals surface area contributed by atoms with Crippen molar-refractivity contribution in [1.29, 1.82) is 0 Å². The Balaban J connectivity index is 0.00000400. The smallest absolute Gasteiger partial charge is 0.411 e. The van der Waals surface area contributed by atoms with Crippen molar-refractivity contribution in [1.82, 2.24) is 14.6 Å². The topological polar surface area (TPSA) is 51.9 Å². The number of rotatable bonds is 6. The lowest BCUT2D eigenvalue weighted by atomic mass is 9.98. The van der Waals surface area contributed by atoms with Crippen molar-refractivity contribution >= 4 is 33.3 Å². The first-order chi connectivity index (χ1) is 17.2. The van der Waals surface area contributed by atoms with Crippen LogP contribution in [-0.4, -0.2) is 48.7 Å². The molecule has 3 heterocycles. The Bertz CT molecular complexity index is 1270. The Labute approximate surface area is 231 Å². The minimum atomic E-state index is -4.41. The van der Waals surface area contributed by atoms with E-state index in [1.165, 1.54) is 13.0 Å². The minimum Gasteiger partial charge on any atom is -0.411 e. The molecule has 4 rings (SSSR count). The van der Waals surface area contributed by atoms with Crippen molar-refractivity contribution in [2.45, 2.75) is 78.1 Å². The van der Waals surface area contributed by atoms with Crippen LogP contribution in [-0.2, 0) is 28.4 Å². The highest BCUT2D eigenvalue weighted by atomic mass is 32.1. The maximum Gasteiger partial charge on any atom is 0.416 e. The molecule has 0 amide bonds. The Kier molecular flexibility index (Phi) is 8.97. The van der Waals surface area contributed by atoms with Gasteiger partial charge in [-0.1, -0.05) is 32.9 Å². The number of nitrogens with zero attached hydrogens (tertiary/aromatic N) is 4. The molecule has 2 aromatic heterocycles. The van der Waals surface area contributed by atoms with Gasteiger partial charge in [0.1, 0.15) is 5.82 Å². The number of halogens is 3. The van der Waals surface area contributed by atoms with Gasteiger partial charge in [0.05, 0.1) is 36.3 Å². The van der Waals surface area contributed by atoms with E-state index in [9.17, 15) is 13.2 Å². The van der Waals surface area contributed by atoms with Crippen LogP contribution in [0.3, 0.4) is 0 Å². The number of alkyl halides is 3. The third-order valence-electron chi connectivity index (χ3n) is 7.69. The second-order valence-corrected chi connectivity index (χ2v) is 16.2. The van der Waals surface area contributed by atoms with Gasteiger partial charge in [-0.05, 0) is 61.3 Å². The molecule has 38 heavy (non-hydrogen) atoms. The van der Waals surface area contributed by atoms with Gasteiger partial charge in [0.15, 0.2) is 14.0 Å². The number of hydrogen-bond acceptors (Lipinski definition) is 5. The van der Waals surface area contributed by atoms with E-state index in [4.69, 9.17) is 19.2 Å². The molecule has 0 aliphatic carbocycles. The average molecular weight is 569 g/mol. The highest BCUT2D eigenvalue weighted by Crippen LogP contribution is 2.38. The van der Waals surface area contributed by atoms with E-state index in [0.29, 0.717) is 23.5 Å². The first-order valence-electron chi connectivity index (χ1n) is 12.7. The summed E-state index contributed by atoms with van der Waals surface area (Å²) in [5.74, 6) is 0.791. The second kappa shape index (κ2) is 11.2. The van der Waals surface area contributed by atoms with Crippen LogP contribution in [0.4, 0.5) is 19.0 Å². The summed E-state index contributed by atoms with van der Waals surface area (Å²) in [5, 5.41) is 4.92. The standard InChI is InChI=1S/C27H37F3N4O2Si.H2S/c1-18-16-33(13-14-35-18)25-12-11-24-31-22(17-36-37(6,7)26(3,4)5)23(34(24)32-25)15-20-9-8-10-21(19(20)2)27(28,29)30;/h8-12,18H,13-17H2,1-7H3;1H2. The SMILES string of the molecule is Cc1c(Cc2c(CO[Si](C)(C)C(C)(C)C)nc3ccc(N4CCOC(C)C4)nn23)cccc1C(F)(F)F.S. The van der Waals surface area contributed by atoms with Gasteiger partial charge in [0.25, 0.3) is 0 Å². The first kappa shape index (κ1) is 30.5. The van der Waals surface area contributed by atoms with Crippen LogP contribution in [0.5, 0.6) is 0 Å². The van der Waals surface area contributed by atoms with Gasteiger partial charge in [0.2, 0.25) is 0 Å². The zero-order valence-electron chi connectivity index (χ0n) is 23.2. The highest BCUT2D eigenvalue weighted by molar-refractivity contribution is 7.59. The van der Waals surface area contributed by atoms with E-state index in [2.05, 4.69) is 38.8 Å². The molecular weight excluding hydrogens is 529 g/mol. The number of ether oxygens (including phenoxy) is 1. The van der Waals surface area contributed by atoms with Crippen molar-refractivity contribution < 1.29 is 22.3 Å². The van der Waals surface area contributed by atoms with Gasteiger partial charge >= 0.3 is 6.18 Å². The Morgan fingerprint density at radius 1 is 1.13 bits per heavy atom. The largest absolute Gasteiger partial charge is 0.416 e. The van der Waals surface area contributed by atoms with E-state index in [1.54, 1.807) is 10.6 Å². The zero-order chi connectivity index (χ0) is 27.2. The van der Waals surface area contributed by atoms with Crippen LogP contribution in [0, 0.1) is 6.92 Å². The average Bonchev–Trinajstić information content (AvgIpc) is 3.14. The molecule has 3 aromatic rings. The maximum atomic E-state index is 13.6. The lowest BCUT2D eigenvalue weighted by molar-refractivity contribution is -0.138. The predicted molar refractivity (Wildman–Crippen MR) is 152 cm³/mol. The van der Waals surface area contributed by atoms with Crippen molar-refractivity contribution in [2.75, 3.05) is 24.6 Å². The zero-order valence-corrected chi connectivity index (χ0v) is 25.2.